The minimum absolute atomic E-state index is 0.162. The number of carbonyl (C=O) groups is 1. The van der Waals surface area contributed by atoms with Crippen LogP contribution in [0.1, 0.15) is 18.4 Å². The van der Waals surface area contributed by atoms with Crippen molar-refractivity contribution in [1.82, 2.24) is 13.9 Å². The molecule has 134 valence electrons. The lowest BCUT2D eigenvalue weighted by atomic mass is 10.1. The van der Waals surface area contributed by atoms with Gasteiger partial charge in [-0.2, -0.15) is 0 Å². The van der Waals surface area contributed by atoms with Gasteiger partial charge < -0.3 is 4.90 Å². The largest absolute Gasteiger partial charge is 0.349 e. The molecule has 1 aliphatic rings. The first-order chi connectivity index (χ1) is 12.5. The Bertz CT molecular complexity index is 1090. The molecular formula is C18H18N4O3S. The van der Waals surface area contributed by atoms with Crippen molar-refractivity contribution in [2.45, 2.75) is 24.7 Å². The monoisotopic (exact) mass is 370 g/mol. The molecule has 1 saturated heterocycles. The summed E-state index contributed by atoms with van der Waals surface area (Å²) < 4.78 is 27.2. The number of piperidine rings is 1. The molecule has 2 aromatic heterocycles. The number of Topliss-reactive ketones (excluding diaryl/α,β-unsaturated/α-hetero) is 1. The van der Waals surface area contributed by atoms with Crippen molar-refractivity contribution < 1.29 is 13.2 Å². The molecule has 1 fully saturated rings. The quantitative estimate of drug-likeness (QED) is 0.702. The zero-order chi connectivity index (χ0) is 18.3. The Morgan fingerprint density at radius 2 is 1.85 bits per heavy atom. The predicted octanol–water partition coefficient (Wildman–Crippen LogP) is 2.15. The van der Waals surface area contributed by atoms with Gasteiger partial charge in [0.15, 0.2) is 11.4 Å². The first kappa shape index (κ1) is 16.7. The van der Waals surface area contributed by atoms with Crippen molar-refractivity contribution in [2.24, 2.45) is 0 Å². The van der Waals surface area contributed by atoms with Crippen molar-refractivity contribution in [3.8, 4) is 0 Å². The second-order valence-electron chi connectivity index (χ2n) is 6.43. The molecule has 0 amide bonds. The number of rotatable bonds is 3. The molecule has 0 unspecified atom stereocenters. The Morgan fingerprint density at radius 1 is 1.08 bits per heavy atom. The number of fused-ring (bicyclic) bond motifs is 1. The topological polar surface area (TPSA) is 85.2 Å². The highest BCUT2D eigenvalue weighted by Crippen LogP contribution is 2.28. The predicted molar refractivity (Wildman–Crippen MR) is 97.7 cm³/mol. The number of hydrogen-bond donors (Lipinski definition) is 0. The number of nitrogens with zero attached hydrogens (tertiary/aromatic N) is 4. The minimum Gasteiger partial charge on any atom is -0.349 e. The first-order valence-corrected chi connectivity index (χ1v) is 9.82. The summed E-state index contributed by atoms with van der Waals surface area (Å²) in [6.07, 6.45) is 4.18. The molecule has 7 nitrogen and oxygen atoms in total. The van der Waals surface area contributed by atoms with E-state index in [2.05, 4.69) is 9.97 Å². The van der Waals surface area contributed by atoms with E-state index in [0.29, 0.717) is 36.4 Å². The molecule has 1 aromatic carbocycles. The third-order valence-electron chi connectivity index (χ3n) is 4.56. The van der Waals surface area contributed by atoms with Crippen LogP contribution in [0.3, 0.4) is 0 Å². The molecule has 4 rings (SSSR count). The molecule has 0 N–H and O–H groups in total. The molecule has 0 aliphatic carbocycles. The average Bonchev–Trinajstić information content (AvgIpc) is 3.07. The zero-order valence-electron chi connectivity index (χ0n) is 14.3. The van der Waals surface area contributed by atoms with Gasteiger partial charge in [-0.05, 0) is 31.5 Å². The van der Waals surface area contributed by atoms with Gasteiger partial charge in [0.05, 0.1) is 16.8 Å². The summed E-state index contributed by atoms with van der Waals surface area (Å²) in [6.45, 7) is 2.91. The van der Waals surface area contributed by atoms with Gasteiger partial charge in [-0.15, -0.1) is 0 Å². The lowest BCUT2D eigenvalue weighted by molar-refractivity contribution is -0.118. The molecule has 3 heterocycles. The van der Waals surface area contributed by atoms with E-state index in [0.717, 1.165) is 12.0 Å². The van der Waals surface area contributed by atoms with Crippen LogP contribution in [0.2, 0.25) is 0 Å². The first-order valence-electron chi connectivity index (χ1n) is 8.38. The zero-order valence-corrected chi connectivity index (χ0v) is 15.1. The Hall–Kier alpha value is -2.74. The van der Waals surface area contributed by atoms with Gasteiger partial charge >= 0.3 is 0 Å². The van der Waals surface area contributed by atoms with E-state index in [1.54, 1.807) is 30.3 Å². The maximum atomic E-state index is 13.0. The summed E-state index contributed by atoms with van der Waals surface area (Å²) >= 11 is 0. The second kappa shape index (κ2) is 6.21. The highest BCUT2D eigenvalue weighted by Gasteiger charge is 2.24. The second-order valence-corrected chi connectivity index (χ2v) is 8.24. The third kappa shape index (κ3) is 2.76. The molecule has 0 bridgehead atoms. The van der Waals surface area contributed by atoms with Crippen LogP contribution < -0.4 is 4.90 Å². The fraction of sp³-hybridized carbons (Fsp3) is 0.278. The lowest BCUT2D eigenvalue weighted by Gasteiger charge is -2.27. The molecule has 0 atom stereocenters. The van der Waals surface area contributed by atoms with Gasteiger partial charge in [-0.3, -0.25) is 4.79 Å². The Morgan fingerprint density at radius 3 is 2.58 bits per heavy atom. The SMILES string of the molecule is Cc1ccc(S(=O)(=O)n2ccc3c(N4CCCC(=O)C4)ncnc32)cc1. The summed E-state index contributed by atoms with van der Waals surface area (Å²) in [5.74, 6) is 0.760. The molecular weight excluding hydrogens is 352 g/mol. The summed E-state index contributed by atoms with van der Waals surface area (Å²) in [5.41, 5.74) is 1.30. The van der Waals surface area contributed by atoms with Crippen LogP contribution in [0.4, 0.5) is 5.82 Å². The number of aromatic nitrogens is 3. The molecule has 1 aliphatic heterocycles. The molecule has 3 aromatic rings. The van der Waals surface area contributed by atoms with Crippen LogP contribution in [0.25, 0.3) is 11.0 Å². The molecule has 0 spiro atoms. The maximum absolute atomic E-state index is 13.0. The van der Waals surface area contributed by atoms with Crippen LogP contribution in [0, 0.1) is 6.92 Å². The van der Waals surface area contributed by atoms with Crippen LogP contribution in [0.15, 0.2) is 47.8 Å². The fourth-order valence-electron chi connectivity index (χ4n) is 3.20. The number of anilines is 1. The minimum atomic E-state index is -3.76. The summed E-state index contributed by atoms with van der Waals surface area (Å²) in [4.78, 5) is 22.3. The van der Waals surface area contributed by atoms with Crippen molar-refractivity contribution in [2.75, 3.05) is 18.0 Å². The maximum Gasteiger partial charge on any atom is 0.269 e. The normalized spacial score (nSPS) is 15.6. The molecule has 26 heavy (non-hydrogen) atoms. The highest BCUT2D eigenvalue weighted by molar-refractivity contribution is 7.90. The van der Waals surface area contributed by atoms with E-state index in [1.165, 1.54) is 16.5 Å². The highest BCUT2D eigenvalue weighted by atomic mass is 32.2. The standard InChI is InChI=1S/C18H18N4O3S/c1-13-4-6-15(7-5-13)26(24,25)22-10-8-16-17(19-12-20-18(16)22)21-9-2-3-14(23)11-21/h4-8,10,12H,2-3,9,11H2,1H3. The fourth-order valence-corrected chi connectivity index (χ4v) is 4.50. The summed E-state index contributed by atoms with van der Waals surface area (Å²) in [5, 5.41) is 0.623. The number of hydrogen-bond acceptors (Lipinski definition) is 6. The van der Waals surface area contributed by atoms with Crippen LogP contribution in [-0.4, -0.2) is 41.2 Å². The van der Waals surface area contributed by atoms with E-state index in [4.69, 9.17) is 0 Å². The number of aryl methyl sites for hydroxylation is 1. The Balaban J connectivity index is 1.82. The van der Waals surface area contributed by atoms with Crippen molar-refractivity contribution in [1.29, 1.82) is 0 Å². The third-order valence-corrected chi connectivity index (χ3v) is 6.24. The van der Waals surface area contributed by atoms with Crippen LogP contribution >= 0.6 is 0 Å². The molecule has 0 saturated carbocycles. The van der Waals surface area contributed by atoms with E-state index in [-0.39, 0.29) is 10.7 Å². The smallest absolute Gasteiger partial charge is 0.269 e. The van der Waals surface area contributed by atoms with Gasteiger partial charge in [0.25, 0.3) is 10.0 Å². The Labute approximate surface area is 151 Å². The number of ketones is 1. The van der Waals surface area contributed by atoms with Crippen molar-refractivity contribution in [3.63, 3.8) is 0 Å². The number of benzene rings is 1. The molecule has 8 heteroatoms. The van der Waals surface area contributed by atoms with Gasteiger partial charge in [0, 0.05) is 19.2 Å². The van der Waals surface area contributed by atoms with Gasteiger partial charge in [-0.1, -0.05) is 17.7 Å². The average molecular weight is 370 g/mol. The van der Waals surface area contributed by atoms with Gasteiger partial charge in [-0.25, -0.2) is 22.4 Å². The van der Waals surface area contributed by atoms with E-state index >= 15 is 0 Å². The lowest BCUT2D eigenvalue weighted by Crippen LogP contribution is -2.36. The number of carbonyl (C=O) groups excluding carboxylic acids is 1. The van der Waals surface area contributed by atoms with Gasteiger partial charge in [0.1, 0.15) is 12.1 Å². The van der Waals surface area contributed by atoms with Crippen molar-refractivity contribution in [3.05, 3.63) is 48.4 Å². The van der Waals surface area contributed by atoms with E-state index < -0.39 is 10.0 Å². The molecule has 0 radical (unpaired) electrons. The Kier molecular flexibility index (Phi) is 3.99. The van der Waals surface area contributed by atoms with E-state index in [1.807, 2.05) is 11.8 Å². The van der Waals surface area contributed by atoms with Crippen molar-refractivity contribution >= 4 is 32.7 Å². The van der Waals surface area contributed by atoms with Crippen LogP contribution in [0.5, 0.6) is 0 Å². The van der Waals surface area contributed by atoms with E-state index in [9.17, 15) is 13.2 Å². The summed E-state index contributed by atoms with van der Waals surface area (Å²) in [7, 11) is -3.76. The summed E-state index contributed by atoms with van der Waals surface area (Å²) in [6, 6.07) is 8.38. The van der Waals surface area contributed by atoms with Crippen LogP contribution in [-0.2, 0) is 14.8 Å². The van der Waals surface area contributed by atoms with Gasteiger partial charge in [0.2, 0.25) is 0 Å².